The van der Waals surface area contributed by atoms with Crippen LogP contribution >= 0.6 is 11.3 Å². The second-order valence-electron chi connectivity index (χ2n) is 9.57. The first kappa shape index (κ1) is 26.3. The van der Waals surface area contributed by atoms with E-state index in [1.165, 1.54) is 20.9 Å². The van der Waals surface area contributed by atoms with Crippen molar-refractivity contribution >= 4 is 46.4 Å². The molecule has 0 unspecified atom stereocenters. The van der Waals surface area contributed by atoms with Crippen molar-refractivity contribution in [3.8, 4) is 0 Å². The van der Waals surface area contributed by atoms with Crippen LogP contribution in [0.5, 0.6) is 0 Å². The fourth-order valence-electron chi connectivity index (χ4n) is 5.08. The van der Waals surface area contributed by atoms with Crippen LogP contribution in [-0.4, -0.2) is 28.8 Å². The van der Waals surface area contributed by atoms with E-state index in [-0.39, 0.29) is 23.6 Å². The summed E-state index contributed by atoms with van der Waals surface area (Å²) < 4.78 is 7.38. The van der Waals surface area contributed by atoms with Crippen molar-refractivity contribution in [1.29, 1.82) is 0 Å². The summed E-state index contributed by atoms with van der Waals surface area (Å²) in [6.45, 7) is 3.70. The Morgan fingerprint density at radius 3 is 2.24 bits per heavy atom. The zero-order valence-electron chi connectivity index (χ0n) is 22.4. The summed E-state index contributed by atoms with van der Waals surface area (Å²) in [5.41, 5.74) is 3.13. The van der Waals surface area contributed by atoms with E-state index in [4.69, 9.17) is 9.73 Å². The molecule has 0 N–H and O–H groups in total. The Hall–Kier alpha value is -4.89. The highest BCUT2D eigenvalue weighted by atomic mass is 32.1. The molecule has 0 fully saturated rings. The number of hydrogen-bond acceptors (Lipinski definition) is 7. The minimum Gasteiger partial charge on any atom is -0.463 e. The van der Waals surface area contributed by atoms with Crippen LogP contribution in [0.4, 0.5) is 5.69 Å². The highest BCUT2D eigenvalue weighted by Gasteiger charge is 2.36. The number of hydrogen-bond donors (Lipinski definition) is 0. The summed E-state index contributed by atoms with van der Waals surface area (Å²) in [5, 5.41) is 5.84. The fourth-order valence-corrected chi connectivity index (χ4v) is 6.09. The normalized spacial score (nSPS) is 18.7. The smallest absolute Gasteiger partial charge is 0.338 e. The van der Waals surface area contributed by atoms with Crippen molar-refractivity contribution in [1.82, 2.24) is 4.57 Å². The van der Waals surface area contributed by atoms with Crippen LogP contribution in [0.15, 0.2) is 111 Å². The molecule has 1 aromatic heterocycles. The summed E-state index contributed by atoms with van der Waals surface area (Å²) in [7, 11) is 0. The number of anilines is 1. The number of nitrogens with zero attached hydrogens (tertiary/aromatic N) is 4. The lowest BCUT2D eigenvalue weighted by Crippen LogP contribution is -2.40. The first-order chi connectivity index (χ1) is 20.0. The predicted molar refractivity (Wildman–Crippen MR) is 159 cm³/mol. The molecule has 0 aliphatic carbocycles. The molecular formula is C32H26N4O4S. The number of esters is 1. The lowest BCUT2D eigenvalue weighted by atomic mass is 9.93. The second kappa shape index (κ2) is 10.9. The SMILES string of the molecule is CCOC(=O)C1=C(c2ccccc2)N=c2s/c(=C/[C@@H]3C(=O)N(c4ccccc4)N=C3C)c(=O)n2[C@H]1c1ccccc1. The third kappa shape index (κ3) is 4.74. The Morgan fingerprint density at radius 2 is 1.59 bits per heavy atom. The molecule has 2 aliphatic heterocycles. The number of rotatable bonds is 6. The average molecular weight is 563 g/mol. The molecular weight excluding hydrogens is 536 g/mol. The Bertz CT molecular complexity index is 1880. The van der Waals surface area contributed by atoms with Crippen molar-refractivity contribution in [2.45, 2.75) is 19.9 Å². The lowest BCUT2D eigenvalue weighted by Gasteiger charge is -2.25. The van der Waals surface area contributed by atoms with Gasteiger partial charge in [-0.05, 0) is 37.6 Å². The van der Waals surface area contributed by atoms with Gasteiger partial charge in [-0.2, -0.15) is 10.1 Å². The molecule has 2 atom stereocenters. The number of hydrazone groups is 1. The molecule has 0 bridgehead atoms. The van der Waals surface area contributed by atoms with Crippen molar-refractivity contribution in [3.05, 3.63) is 127 Å². The summed E-state index contributed by atoms with van der Waals surface area (Å²) in [4.78, 5) is 46.2. The van der Waals surface area contributed by atoms with Crippen molar-refractivity contribution in [2.24, 2.45) is 16.0 Å². The van der Waals surface area contributed by atoms with Gasteiger partial charge in [0.2, 0.25) is 0 Å². The van der Waals surface area contributed by atoms with E-state index in [2.05, 4.69) is 5.10 Å². The molecule has 3 heterocycles. The van der Waals surface area contributed by atoms with Gasteiger partial charge in [-0.25, -0.2) is 9.79 Å². The topological polar surface area (TPSA) is 93.3 Å². The third-order valence-electron chi connectivity index (χ3n) is 6.99. The van der Waals surface area contributed by atoms with Crippen LogP contribution in [0.25, 0.3) is 11.8 Å². The molecule has 6 rings (SSSR count). The minimum atomic E-state index is -0.765. The van der Waals surface area contributed by atoms with Gasteiger partial charge in [0.1, 0.15) is 5.92 Å². The molecule has 0 saturated heterocycles. The number of carbonyl (C=O) groups is 2. The first-order valence-electron chi connectivity index (χ1n) is 13.3. The van der Waals surface area contributed by atoms with E-state index in [1.807, 2.05) is 91.0 Å². The van der Waals surface area contributed by atoms with Crippen LogP contribution in [0, 0.1) is 5.92 Å². The fraction of sp³-hybridized carbons (Fsp3) is 0.156. The zero-order valence-corrected chi connectivity index (χ0v) is 23.2. The maximum absolute atomic E-state index is 14.1. The number of thiazole rings is 1. The Kier molecular flexibility index (Phi) is 7.03. The van der Waals surface area contributed by atoms with Crippen molar-refractivity contribution < 1.29 is 14.3 Å². The van der Waals surface area contributed by atoms with Crippen LogP contribution in [0.2, 0.25) is 0 Å². The molecule has 41 heavy (non-hydrogen) atoms. The number of carbonyl (C=O) groups excluding carboxylic acids is 2. The lowest BCUT2D eigenvalue weighted by molar-refractivity contribution is -0.138. The van der Waals surface area contributed by atoms with E-state index in [0.29, 0.717) is 26.4 Å². The number of para-hydroxylation sites is 1. The number of fused-ring (bicyclic) bond motifs is 1. The van der Waals surface area contributed by atoms with Crippen LogP contribution in [0.1, 0.15) is 31.0 Å². The Morgan fingerprint density at radius 1 is 0.951 bits per heavy atom. The van der Waals surface area contributed by atoms with Crippen LogP contribution in [-0.2, 0) is 14.3 Å². The van der Waals surface area contributed by atoms with Crippen LogP contribution < -0.4 is 19.9 Å². The molecule has 1 amide bonds. The number of ether oxygens (including phenoxy) is 1. The molecule has 8 nitrogen and oxygen atoms in total. The third-order valence-corrected chi connectivity index (χ3v) is 7.99. The van der Waals surface area contributed by atoms with Gasteiger partial charge in [-0.15, -0.1) is 0 Å². The van der Waals surface area contributed by atoms with Crippen LogP contribution in [0.3, 0.4) is 0 Å². The highest BCUT2D eigenvalue weighted by Crippen LogP contribution is 2.35. The number of amides is 1. The Balaban J connectivity index is 1.55. The van der Waals surface area contributed by atoms with Gasteiger partial charge in [-0.3, -0.25) is 14.2 Å². The second-order valence-corrected chi connectivity index (χ2v) is 10.6. The van der Waals surface area contributed by atoms with Gasteiger partial charge in [-0.1, -0.05) is 90.2 Å². The van der Waals surface area contributed by atoms with Gasteiger partial charge >= 0.3 is 5.97 Å². The molecule has 4 aromatic rings. The van der Waals surface area contributed by atoms with Crippen molar-refractivity contribution in [2.75, 3.05) is 11.6 Å². The van der Waals surface area contributed by atoms with E-state index >= 15 is 0 Å². The van der Waals surface area contributed by atoms with E-state index in [0.717, 1.165) is 11.1 Å². The largest absolute Gasteiger partial charge is 0.463 e. The molecule has 9 heteroatoms. The molecule has 0 saturated carbocycles. The van der Waals surface area contributed by atoms with E-state index in [9.17, 15) is 14.4 Å². The van der Waals surface area contributed by atoms with E-state index in [1.54, 1.807) is 19.9 Å². The quantitative estimate of drug-likeness (QED) is 0.333. The molecule has 0 radical (unpaired) electrons. The Labute approximate surface area is 239 Å². The molecule has 2 aliphatic rings. The summed E-state index contributed by atoms with van der Waals surface area (Å²) in [5.74, 6) is -1.48. The molecule has 0 spiro atoms. The molecule has 204 valence electrons. The van der Waals surface area contributed by atoms with Gasteiger partial charge in [0.15, 0.2) is 4.80 Å². The van der Waals surface area contributed by atoms with Gasteiger partial charge in [0.25, 0.3) is 11.5 Å². The standard InChI is InChI=1S/C32H26N4O4S/c1-3-40-31(39)26-27(21-13-7-4-8-14-21)33-32-35(28(26)22-15-9-5-10-16-22)30(38)25(41-32)19-24-20(2)34-36(29(24)37)23-17-11-6-12-18-23/h4-19,24,28H,3H2,1-2H3/b25-19+/t24-,28-/m0/s1. The van der Waals surface area contributed by atoms with Gasteiger partial charge < -0.3 is 4.74 Å². The van der Waals surface area contributed by atoms with Gasteiger partial charge in [0, 0.05) is 5.56 Å². The maximum Gasteiger partial charge on any atom is 0.338 e. The highest BCUT2D eigenvalue weighted by molar-refractivity contribution is 7.07. The summed E-state index contributed by atoms with van der Waals surface area (Å²) in [6.07, 6.45) is 1.66. The summed E-state index contributed by atoms with van der Waals surface area (Å²) >= 11 is 1.19. The van der Waals surface area contributed by atoms with E-state index < -0.39 is 17.9 Å². The number of benzene rings is 3. The predicted octanol–water partition coefficient (Wildman–Crippen LogP) is 3.93. The zero-order chi connectivity index (χ0) is 28.5. The monoisotopic (exact) mass is 562 g/mol. The summed E-state index contributed by atoms with van der Waals surface area (Å²) in [6, 6.07) is 27.2. The average Bonchev–Trinajstić information content (AvgIpc) is 3.48. The minimum absolute atomic E-state index is 0.177. The van der Waals surface area contributed by atoms with Gasteiger partial charge in [0.05, 0.1) is 39.9 Å². The molecule has 3 aromatic carbocycles. The maximum atomic E-state index is 14.1. The number of aromatic nitrogens is 1. The first-order valence-corrected chi connectivity index (χ1v) is 14.1. The van der Waals surface area contributed by atoms with Crippen molar-refractivity contribution in [3.63, 3.8) is 0 Å².